The van der Waals surface area contributed by atoms with Crippen LogP contribution in [0.15, 0.2) is 211 Å². The van der Waals surface area contributed by atoms with Crippen LogP contribution in [0.25, 0.3) is 120 Å². The molecule has 0 amide bonds. The zero-order chi connectivity index (χ0) is 53.3. The number of hydrogen-bond acceptors (Lipinski definition) is 2. The van der Waals surface area contributed by atoms with Crippen LogP contribution in [0.2, 0.25) is 0 Å². The van der Waals surface area contributed by atoms with Gasteiger partial charge >= 0.3 is 0 Å². The normalized spacial score (nSPS) is 12.2. The van der Waals surface area contributed by atoms with Crippen LogP contribution in [0, 0.1) is 41.5 Å². The summed E-state index contributed by atoms with van der Waals surface area (Å²) in [5.41, 5.74) is 23.8. The number of fused-ring (bicyclic) bond motifs is 7. The van der Waals surface area contributed by atoms with Crippen LogP contribution in [0.4, 0.5) is 17.1 Å². The van der Waals surface area contributed by atoms with Crippen LogP contribution >= 0.6 is 0 Å². The van der Waals surface area contributed by atoms with Crippen molar-refractivity contribution in [1.29, 1.82) is 0 Å². The van der Waals surface area contributed by atoms with Crippen molar-refractivity contribution < 1.29 is 4.42 Å². The highest BCUT2D eigenvalue weighted by molar-refractivity contribution is 6.39. The molecule has 0 bridgehead atoms. The molecule has 1 heterocycles. The number of aryl methyl sites for hydroxylation is 6. The Morgan fingerprint density at radius 2 is 0.808 bits per heavy atom. The van der Waals surface area contributed by atoms with Crippen molar-refractivity contribution in [3.8, 4) is 44.5 Å². The first-order valence-electron chi connectivity index (χ1n) is 27.5. The van der Waals surface area contributed by atoms with Gasteiger partial charge in [-0.3, -0.25) is 0 Å². The van der Waals surface area contributed by atoms with Gasteiger partial charge in [0.25, 0.3) is 0 Å². The van der Waals surface area contributed by atoms with Gasteiger partial charge in [-0.1, -0.05) is 165 Å². The Kier molecular flexibility index (Phi) is 10.8. The molecule has 2 heteroatoms. The molecule has 0 unspecified atom stereocenters. The summed E-state index contributed by atoms with van der Waals surface area (Å²) in [6.07, 6.45) is 0. The van der Waals surface area contributed by atoms with Crippen molar-refractivity contribution in [2.45, 2.75) is 67.7 Å². The molecule has 0 N–H and O–H groups in total. The summed E-state index contributed by atoms with van der Waals surface area (Å²) >= 11 is 0. The summed E-state index contributed by atoms with van der Waals surface area (Å²) in [6, 6.07) is 77.7. The smallest absolute Gasteiger partial charge is 0.143 e. The quantitative estimate of drug-likeness (QED) is 0.148. The Labute approximate surface area is 457 Å². The first-order chi connectivity index (χ1) is 37.7. The molecule has 0 radical (unpaired) electrons. The van der Waals surface area contributed by atoms with Gasteiger partial charge in [-0.05, 0) is 229 Å². The molecule has 0 aliphatic heterocycles. The average molecular weight is 1000 g/mol. The topological polar surface area (TPSA) is 16.4 Å². The largest absolute Gasteiger partial charge is 0.455 e. The lowest BCUT2D eigenvalue weighted by Crippen LogP contribution is -2.10. The molecule has 0 saturated heterocycles. The second kappa shape index (κ2) is 17.8. The predicted molar refractivity (Wildman–Crippen MR) is 336 cm³/mol. The standard InChI is InChI=1S/C76H61NO/c1-44-32-46(3)70(47(4)33-44)57-36-58-39-65(54-20-18-52(19-21-54)53-22-26-60(27-23-53)76(7,8)9)66-40-59(71-48(5)34-45(2)35-49(71)6)42-68-73(66)72(58)67(41-57)74-64-31-30-63(43-69(64)78-75(68)74)77(61-28-24-50-14-10-12-16-55(50)37-61)62-29-25-51-15-11-13-17-56(51)38-62/h10-43H,1-9H3. The van der Waals surface area contributed by atoms with E-state index < -0.39 is 0 Å². The molecule has 0 aliphatic rings. The van der Waals surface area contributed by atoms with Gasteiger partial charge in [-0.25, -0.2) is 0 Å². The zero-order valence-electron chi connectivity index (χ0n) is 46.0. The number of benzene rings is 13. The third-order valence-corrected chi connectivity index (χ3v) is 16.8. The Bertz CT molecular complexity index is 4630. The van der Waals surface area contributed by atoms with Crippen LogP contribution in [0.3, 0.4) is 0 Å². The Hall–Kier alpha value is -8.98. The fraction of sp³-hybridized carbons (Fsp3) is 0.132. The number of nitrogens with zero attached hydrogens (tertiary/aromatic N) is 1. The van der Waals surface area contributed by atoms with Crippen LogP contribution in [-0.4, -0.2) is 0 Å². The lowest BCUT2D eigenvalue weighted by atomic mass is 9.82. The van der Waals surface area contributed by atoms with Crippen molar-refractivity contribution in [1.82, 2.24) is 0 Å². The zero-order valence-corrected chi connectivity index (χ0v) is 46.0. The maximum Gasteiger partial charge on any atom is 0.143 e. The van der Waals surface area contributed by atoms with Crippen molar-refractivity contribution in [2.24, 2.45) is 0 Å². The van der Waals surface area contributed by atoms with E-state index in [9.17, 15) is 0 Å². The van der Waals surface area contributed by atoms with Gasteiger partial charge in [-0.15, -0.1) is 0 Å². The molecule has 0 fully saturated rings. The fourth-order valence-corrected chi connectivity index (χ4v) is 13.4. The first-order valence-corrected chi connectivity index (χ1v) is 27.5. The van der Waals surface area contributed by atoms with Gasteiger partial charge in [0.1, 0.15) is 11.2 Å². The van der Waals surface area contributed by atoms with Gasteiger partial charge in [0.05, 0.1) is 0 Å². The highest BCUT2D eigenvalue weighted by atomic mass is 16.3. The van der Waals surface area contributed by atoms with Crippen molar-refractivity contribution in [3.63, 3.8) is 0 Å². The average Bonchev–Trinajstić information content (AvgIpc) is 3.62. The molecule has 13 aromatic carbocycles. The SMILES string of the molecule is Cc1cc(C)c(-c2cc3cc(-c4ccc(-c5ccc(C(C)(C)C)cc5)cc4)c4cc(-c5c(C)cc(C)cc5C)cc5c6oc7cc(N(c8ccc9ccccc9c8)c8ccc9ccccc9c8)ccc7c6c(c2)c3c45)c(C)c1. The highest BCUT2D eigenvalue weighted by Gasteiger charge is 2.26. The summed E-state index contributed by atoms with van der Waals surface area (Å²) in [4.78, 5) is 2.39. The van der Waals surface area contributed by atoms with E-state index in [2.05, 4.69) is 273 Å². The third kappa shape index (κ3) is 7.76. The van der Waals surface area contributed by atoms with Gasteiger partial charge in [0.2, 0.25) is 0 Å². The van der Waals surface area contributed by atoms with Crippen molar-refractivity contribution in [3.05, 3.63) is 245 Å². The number of rotatable bonds is 7. The lowest BCUT2D eigenvalue weighted by Gasteiger charge is -2.26. The van der Waals surface area contributed by atoms with Crippen LogP contribution in [0.5, 0.6) is 0 Å². The molecule has 0 aliphatic carbocycles. The summed E-state index contributed by atoms with van der Waals surface area (Å²) in [7, 11) is 0. The molecule has 376 valence electrons. The van der Waals surface area contributed by atoms with E-state index in [1.165, 1.54) is 132 Å². The Morgan fingerprint density at radius 1 is 0.333 bits per heavy atom. The van der Waals surface area contributed by atoms with E-state index >= 15 is 0 Å². The molecular formula is C76H61NO. The Balaban J connectivity index is 1.07. The van der Waals surface area contributed by atoms with Crippen molar-refractivity contribution in [2.75, 3.05) is 4.90 Å². The highest BCUT2D eigenvalue weighted by Crippen LogP contribution is 2.51. The summed E-state index contributed by atoms with van der Waals surface area (Å²) in [5, 5.41) is 14.3. The van der Waals surface area contributed by atoms with E-state index in [-0.39, 0.29) is 5.41 Å². The van der Waals surface area contributed by atoms with E-state index in [4.69, 9.17) is 4.42 Å². The minimum Gasteiger partial charge on any atom is -0.455 e. The number of hydrogen-bond donors (Lipinski definition) is 0. The molecule has 78 heavy (non-hydrogen) atoms. The van der Waals surface area contributed by atoms with Crippen LogP contribution in [0.1, 0.15) is 59.7 Å². The van der Waals surface area contributed by atoms with E-state index in [1.54, 1.807) is 0 Å². The first kappa shape index (κ1) is 47.5. The molecular weight excluding hydrogens is 943 g/mol. The van der Waals surface area contributed by atoms with Crippen molar-refractivity contribution >= 4 is 92.9 Å². The minimum atomic E-state index is 0.0934. The lowest BCUT2D eigenvalue weighted by molar-refractivity contribution is 0.590. The fourth-order valence-electron chi connectivity index (χ4n) is 13.4. The van der Waals surface area contributed by atoms with Crippen LogP contribution < -0.4 is 4.90 Å². The van der Waals surface area contributed by atoms with E-state index in [0.29, 0.717) is 0 Å². The molecule has 2 nitrogen and oxygen atoms in total. The van der Waals surface area contributed by atoms with Crippen LogP contribution in [-0.2, 0) is 5.41 Å². The molecule has 0 spiro atoms. The minimum absolute atomic E-state index is 0.0934. The Morgan fingerprint density at radius 3 is 1.37 bits per heavy atom. The summed E-state index contributed by atoms with van der Waals surface area (Å²) in [6.45, 7) is 20.3. The van der Waals surface area contributed by atoms with Gasteiger partial charge < -0.3 is 9.32 Å². The third-order valence-electron chi connectivity index (χ3n) is 16.8. The number of furan rings is 1. The van der Waals surface area contributed by atoms with E-state index in [0.717, 1.165) is 44.4 Å². The predicted octanol–water partition coefficient (Wildman–Crippen LogP) is 22.1. The van der Waals surface area contributed by atoms with Gasteiger partial charge in [0, 0.05) is 44.7 Å². The summed E-state index contributed by atoms with van der Waals surface area (Å²) < 4.78 is 7.56. The second-order valence-electron chi connectivity index (χ2n) is 23.3. The van der Waals surface area contributed by atoms with Gasteiger partial charge in [-0.2, -0.15) is 0 Å². The maximum absolute atomic E-state index is 7.56. The summed E-state index contributed by atoms with van der Waals surface area (Å²) in [5.74, 6) is 0. The monoisotopic (exact) mass is 1000 g/mol. The molecule has 14 rings (SSSR count). The second-order valence-corrected chi connectivity index (χ2v) is 23.3. The number of anilines is 3. The maximum atomic E-state index is 7.56. The molecule has 0 atom stereocenters. The van der Waals surface area contributed by atoms with Gasteiger partial charge in [0.15, 0.2) is 0 Å². The van der Waals surface area contributed by atoms with E-state index in [1.807, 2.05) is 0 Å². The molecule has 0 saturated carbocycles. The molecule has 14 aromatic rings. The molecule has 1 aromatic heterocycles.